The summed E-state index contributed by atoms with van der Waals surface area (Å²) in [5, 5.41) is 6.63. The van der Waals surface area contributed by atoms with Gasteiger partial charge in [0, 0.05) is 38.9 Å². The van der Waals surface area contributed by atoms with Crippen molar-refractivity contribution in [3.63, 3.8) is 0 Å². The molecule has 3 rings (SSSR count). The van der Waals surface area contributed by atoms with Crippen LogP contribution in [0.1, 0.15) is 17.7 Å². The van der Waals surface area contributed by atoms with Crippen LogP contribution in [0.2, 0.25) is 0 Å². The average Bonchev–Trinajstić information content (AvgIpc) is 3.23. The summed E-state index contributed by atoms with van der Waals surface area (Å²) < 4.78 is 5.57. The Morgan fingerprint density at radius 2 is 1.79 bits per heavy atom. The summed E-state index contributed by atoms with van der Waals surface area (Å²) in [4.78, 5) is 10.9. The van der Waals surface area contributed by atoms with Gasteiger partial charge < -0.3 is 20.0 Å². The van der Waals surface area contributed by atoms with Crippen molar-refractivity contribution >= 4 is 11.6 Å². The fraction of sp³-hybridized carbons (Fsp3) is 0.304. The van der Waals surface area contributed by atoms with E-state index in [9.17, 15) is 0 Å². The van der Waals surface area contributed by atoms with Crippen molar-refractivity contribution in [1.29, 1.82) is 0 Å². The van der Waals surface area contributed by atoms with E-state index >= 15 is 0 Å². The molecule has 0 aliphatic carbocycles. The molecule has 0 aliphatic heterocycles. The van der Waals surface area contributed by atoms with Crippen LogP contribution in [0.4, 0.5) is 5.69 Å². The lowest BCUT2D eigenvalue weighted by atomic mass is 10.1. The quantitative estimate of drug-likeness (QED) is 0.348. The Morgan fingerprint density at radius 1 is 1.03 bits per heavy atom. The Balaban J connectivity index is 1.40. The van der Waals surface area contributed by atoms with Crippen LogP contribution in [-0.4, -0.2) is 38.6 Å². The molecule has 0 unspecified atom stereocenters. The Hall–Kier alpha value is -3.28. The second-order valence-electron chi connectivity index (χ2n) is 7.03. The Bertz CT molecular complexity index is 901. The molecule has 3 aromatic rings. The van der Waals surface area contributed by atoms with E-state index in [0.717, 1.165) is 36.6 Å². The van der Waals surface area contributed by atoms with Gasteiger partial charge in [0.25, 0.3) is 0 Å². The largest absolute Gasteiger partial charge is 0.444 e. The first kappa shape index (κ1) is 20.5. The summed E-state index contributed by atoms with van der Waals surface area (Å²) in [6.07, 6.45) is 3.74. The third-order valence-electron chi connectivity index (χ3n) is 4.62. The van der Waals surface area contributed by atoms with Crippen molar-refractivity contribution in [2.45, 2.75) is 19.4 Å². The van der Waals surface area contributed by atoms with E-state index < -0.39 is 0 Å². The molecule has 0 atom stereocenters. The van der Waals surface area contributed by atoms with Gasteiger partial charge in [-0.3, -0.25) is 4.99 Å². The second kappa shape index (κ2) is 10.3. The number of oxazole rings is 1. The molecule has 2 aromatic carbocycles. The lowest BCUT2D eigenvalue weighted by molar-refractivity contribution is 0.572. The van der Waals surface area contributed by atoms with Gasteiger partial charge in [0.15, 0.2) is 5.96 Å². The molecule has 0 amide bonds. The summed E-state index contributed by atoms with van der Waals surface area (Å²) in [6.45, 7) is 1.41. The molecule has 6 nitrogen and oxygen atoms in total. The molecule has 2 N–H and O–H groups in total. The highest BCUT2D eigenvalue weighted by Gasteiger charge is 2.07. The van der Waals surface area contributed by atoms with Gasteiger partial charge in [-0.1, -0.05) is 30.3 Å². The van der Waals surface area contributed by atoms with Crippen LogP contribution >= 0.6 is 0 Å². The predicted octanol–water partition coefficient (Wildman–Crippen LogP) is 3.71. The Labute approximate surface area is 172 Å². The zero-order valence-corrected chi connectivity index (χ0v) is 17.4. The van der Waals surface area contributed by atoms with E-state index in [1.165, 1.54) is 11.3 Å². The number of anilines is 1. The van der Waals surface area contributed by atoms with Crippen molar-refractivity contribution in [2.75, 3.05) is 32.6 Å². The maximum Gasteiger partial charge on any atom is 0.226 e. The number of benzene rings is 2. The van der Waals surface area contributed by atoms with Crippen molar-refractivity contribution < 1.29 is 4.42 Å². The number of hydrogen-bond donors (Lipinski definition) is 2. The fourth-order valence-electron chi connectivity index (χ4n) is 2.96. The minimum Gasteiger partial charge on any atom is -0.444 e. The van der Waals surface area contributed by atoms with Crippen LogP contribution in [0.25, 0.3) is 11.5 Å². The topological polar surface area (TPSA) is 65.7 Å². The predicted molar refractivity (Wildman–Crippen MR) is 119 cm³/mol. The Morgan fingerprint density at radius 3 is 2.48 bits per heavy atom. The highest BCUT2D eigenvalue weighted by atomic mass is 16.3. The van der Waals surface area contributed by atoms with Crippen LogP contribution < -0.4 is 15.5 Å². The molecule has 1 heterocycles. The first-order valence-corrected chi connectivity index (χ1v) is 9.86. The molecule has 0 spiro atoms. The molecule has 0 fully saturated rings. The van der Waals surface area contributed by atoms with Gasteiger partial charge in [-0.15, -0.1) is 0 Å². The van der Waals surface area contributed by atoms with E-state index in [-0.39, 0.29) is 0 Å². The number of nitrogens with one attached hydrogen (secondary N) is 2. The molecule has 0 bridgehead atoms. The van der Waals surface area contributed by atoms with Gasteiger partial charge in [-0.05, 0) is 42.7 Å². The molecule has 0 saturated carbocycles. The van der Waals surface area contributed by atoms with E-state index in [4.69, 9.17) is 4.42 Å². The minimum atomic E-state index is 0.558. The number of hydrogen-bond acceptors (Lipinski definition) is 4. The molecular weight excluding hydrogens is 362 g/mol. The van der Waals surface area contributed by atoms with Crippen molar-refractivity contribution in [2.24, 2.45) is 4.99 Å². The maximum absolute atomic E-state index is 5.57. The normalized spacial score (nSPS) is 11.3. The third kappa shape index (κ3) is 6.10. The SMILES string of the molecule is CN=C(NCCCc1ccc(N(C)C)cc1)NCc1coc(-c2ccccc2)n1. The van der Waals surface area contributed by atoms with E-state index in [1.807, 2.05) is 30.3 Å². The molecule has 6 heteroatoms. The van der Waals surface area contributed by atoms with Gasteiger partial charge in [-0.25, -0.2) is 4.98 Å². The first-order chi connectivity index (χ1) is 14.2. The standard InChI is InChI=1S/C23H29N5O/c1-24-23(25-15-7-8-18-11-13-21(14-12-18)28(2)3)26-16-20-17-29-22(27-20)19-9-5-4-6-10-19/h4-6,9-14,17H,7-8,15-16H2,1-3H3,(H2,24,25,26). The van der Waals surface area contributed by atoms with Gasteiger partial charge in [0.05, 0.1) is 12.2 Å². The lowest BCUT2D eigenvalue weighted by Crippen LogP contribution is -2.37. The maximum atomic E-state index is 5.57. The minimum absolute atomic E-state index is 0.558. The molecule has 1 aromatic heterocycles. The van der Waals surface area contributed by atoms with Gasteiger partial charge in [-0.2, -0.15) is 0 Å². The molecule has 0 aliphatic rings. The lowest BCUT2D eigenvalue weighted by Gasteiger charge is -2.13. The molecule has 0 radical (unpaired) electrons. The highest BCUT2D eigenvalue weighted by Crippen LogP contribution is 2.17. The van der Waals surface area contributed by atoms with E-state index in [0.29, 0.717) is 12.4 Å². The van der Waals surface area contributed by atoms with Crippen LogP contribution in [0.15, 0.2) is 70.3 Å². The Kier molecular flexibility index (Phi) is 7.28. The monoisotopic (exact) mass is 391 g/mol. The van der Waals surface area contributed by atoms with Crippen LogP contribution in [0, 0.1) is 0 Å². The van der Waals surface area contributed by atoms with E-state index in [2.05, 4.69) is 63.9 Å². The molecule has 29 heavy (non-hydrogen) atoms. The second-order valence-corrected chi connectivity index (χ2v) is 7.03. The molecular formula is C23H29N5O. The summed E-state index contributed by atoms with van der Waals surface area (Å²) in [6, 6.07) is 18.6. The molecule has 152 valence electrons. The van der Waals surface area contributed by atoms with E-state index in [1.54, 1.807) is 13.3 Å². The van der Waals surface area contributed by atoms with Crippen molar-refractivity contribution in [3.05, 3.63) is 72.1 Å². The number of aromatic nitrogens is 1. The number of guanidine groups is 1. The summed E-state index contributed by atoms with van der Waals surface area (Å²) in [7, 11) is 5.88. The van der Waals surface area contributed by atoms with Crippen molar-refractivity contribution in [1.82, 2.24) is 15.6 Å². The summed E-state index contributed by atoms with van der Waals surface area (Å²) in [5.74, 6) is 1.39. The zero-order valence-electron chi connectivity index (χ0n) is 17.4. The number of nitrogens with zero attached hydrogens (tertiary/aromatic N) is 3. The van der Waals surface area contributed by atoms with Gasteiger partial charge >= 0.3 is 0 Å². The third-order valence-corrected chi connectivity index (χ3v) is 4.62. The van der Waals surface area contributed by atoms with Crippen LogP contribution in [-0.2, 0) is 13.0 Å². The summed E-state index contributed by atoms with van der Waals surface area (Å²) in [5.41, 5.74) is 4.38. The highest BCUT2D eigenvalue weighted by molar-refractivity contribution is 5.79. The van der Waals surface area contributed by atoms with Crippen LogP contribution in [0.3, 0.4) is 0 Å². The number of rotatable bonds is 8. The number of aryl methyl sites for hydroxylation is 1. The van der Waals surface area contributed by atoms with Crippen molar-refractivity contribution in [3.8, 4) is 11.5 Å². The summed E-state index contributed by atoms with van der Waals surface area (Å²) >= 11 is 0. The average molecular weight is 392 g/mol. The molecule has 0 saturated heterocycles. The smallest absolute Gasteiger partial charge is 0.226 e. The van der Waals surface area contributed by atoms with Gasteiger partial charge in [0.1, 0.15) is 6.26 Å². The zero-order chi connectivity index (χ0) is 20.5. The van der Waals surface area contributed by atoms with Crippen LogP contribution in [0.5, 0.6) is 0 Å². The fourth-order valence-corrected chi connectivity index (χ4v) is 2.96. The van der Waals surface area contributed by atoms with Gasteiger partial charge in [0.2, 0.25) is 5.89 Å². The first-order valence-electron chi connectivity index (χ1n) is 9.86. The number of aliphatic imine (C=N–C) groups is 1.